The van der Waals surface area contributed by atoms with E-state index in [0.717, 1.165) is 10.5 Å². The van der Waals surface area contributed by atoms with Crippen molar-refractivity contribution in [3.05, 3.63) is 42.0 Å². The number of nitrogens with two attached hydrogens (primary N) is 1. The van der Waals surface area contributed by atoms with Gasteiger partial charge in [0, 0.05) is 44.5 Å². The smallest absolute Gasteiger partial charge is 0.312 e. The molecule has 2 rings (SSSR count). The predicted molar refractivity (Wildman–Crippen MR) is 142 cm³/mol. The zero-order chi connectivity index (χ0) is 28.6. The second kappa shape index (κ2) is 16.6. The fourth-order valence-corrected chi connectivity index (χ4v) is 3.76. The molecule has 1 aromatic carbocycles. The number of ether oxygens (including phenoxy) is 1. The molecule has 0 bridgehead atoms. The molecule has 0 fully saturated rings. The van der Waals surface area contributed by atoms with Crippen LogP contribution >= 0.6 is 0 Å². The number of amides is 7. The Kier molecular flexibility index (Phi) is 13.1. The van der Waals surface area contributed by atoms with E-state index in [0.29, 0.717) is 44.5 Å². The molecule has 0 saturated heterocycles. The Morgan fingerprint density at radius 2 is 1.62 bits per heavy atom. The average molecular weight is 545 g/mol. The summed E-state index contributed by atoms with van der Waals surface area (Å²) in [6.07, 6.45) is 4.97. The Bertz CT molecular complexity index is 1040. The van der Waals surface area contributed by atoms with Crippen LogP contribution < -0.4 is 27.0 Å². The summed E-state index contributed by atoms with van der Waals surface area (Å²) in [4.78, 5) is 72.5. The van der Waals surface area contributed by atoms with Gasteiger partial charge in [-0.25, -0.2) is 4.79 Å². The van der Waals surface area contributed by atoms with Crippen molar-refractivity contribution in [2.24, 2.45) is 5.73 Å². The van der Waals surface area contributed by atoms with Gasteiger partial charge in [0.25, 0.3) is 11.8 Å². The van der Waals surface area contributed by atoms with Gasteiger partial charge in [0.2, 0.25) is 17.7 Å². The van der Waals surface area contributed by atoms with E-state index in [4.69, 9.17) is 10.5 Å². The van der Waals surface area contributed by atoms with Crippen molar-refractivity contribution >= 4 is 41.3 Å². The second-order valence-corrected chi connectivity index (χ2v) is 8.92. The monoisotopic (exact) mass is 544 g/mol. The zero-order valence-corrected chi connectivity index (χ0v) is 22.0. The number of carbonyl (C=O) groups excluding carboxylic acids is 6. The third-order valence-electron chi connectivity index (χ3n) is 5.79. The number of nitrogens with one attached hydrogen (secondary N) is 4. The Morgan fingerprint density at radius 3 is 2.26 bits per heavy atom. The molecule has 0 saturated carbocycles. The molecule has 13 nitrogen and oxygen atoms in total. The average Bonchev–Trinajstić information content (AvgIpc) is 3.22. The number of urea groups is 1. The molecule has 1 heterocycles. The van der Waals surface area contributed by atoms with Crippen LogP contribution in [0, 0.1) is 0 Å². The van der Waals surface area contributed by atoms with Gasteiger partial charge in [-0.05, 0) is 43.4 Å². The molecule has 39 heavy (non-hydrogen) atoms. The van der Waals surface area contributed by atoms with Gasteiger partial charge in [0.15, 0.2) is 0 Å². The molecule has 6 N–H and O–H groups in total. The summed E-state index contributed by atoms with van der Waals surface area (Å²) in [7, 11) is 1.58. The number of rotatable bonds is 17. The minimum Gasteiger partial charge on any atom is -0.380 e. The molecule has 1 aromatic rings. The highest BCUT2D eigenvalue weighted by Gasteiger charge is 2.23. The number of nitrogens with zero attached hydrogens (tertiary/aromatic N) is 1. The molecule has 13 heteroatoms. The maximum absolute atomic E-state index is 12.9. The van der Waals surface area contributed by atoms with Crippen molar-refractivity contribution in [2.45, 2.75) is 51.2 Å². The van der Waals surface area contributed by atoms with Crippen LogP contribution in [0.2, 0.25) is 0 Å². The quantitative estimate of drug-likeness (QED) is 0.138. The molecule has 7 amide bonds. The normalized spacial score (nSPS) is 13.2. The molecule has 0 aromatic heterocycles. The SMILES string of the molecule is COCc1ccc(NC(=O)[C@H](CCCNC(N)=O)NC(=O)CNC(=O)CCCCCN2C(=O)C=CC2=O)cc1. The van der Waals surface area contributed by atoms with Crippen LogP contribution in [0.1, 0.15) is 44.1 Å². The van der Waals surface area contributed by atoms with Gasteiger partial charge in [0.1, 0.15) is 6.04 Å². The van der Waals surface area contributed by atoms with E-state index in [1.165, 1.54) is 12.2 Å². The van der Waals surface area contributed by atoms with E-state index >= 15 is 0 Å². The number of hydrogen-bond acceptors (Lipinski definition) is 7. The van der Waals surface area contributed by atoms with Gasteiger partial charge in [-0.15, -0.1) is 0 Å². The Balaban J connectivity index is 1.76. The molecule has 0 radical (unpaired) electrons. The lowest BCUT2D eigenvalue weighted by atomic mass is 10.1. The van der Waals surface area contributed by atoms with Crippen molar-refractivity contribution in [1.29, 1.82) is 0 Å². The molecular weight excluding hydrogens is 508 g/mol. The number of unbranched alkanes of at least 4 members (excludes halogenated alkanes) is 2. The first-order valence-corrected chi connectivity index (χ1v) is 12.7. The summed E-state index contributed by atoms with van der Waals surface area (Å²) in [6.45, 7) is 0.651. The van der Waals surface area contributed by atoms with E-state index in [9.17, 15) is 28.8 Å². The Morgan fingerprint density at radius 1 is 0.923 bits per heavy atom. The van der Waals surface area contributed by atoms with Crippen molar-refractivity contribution in [3.63, 3.8) is 0 Å². The van der Waals surface area contributed by atoms with E-state index in [-0.39, 0.29) is 43.7 Å². The summed E-state index contributed by atoms with van der Waals surface area (Å²) in [6, 6.07) is 5.46. The summed E-state index contributed by atoms with van der Waals surface area (Å²) in [5, 5.41) is 10.3. The van der Waals surface area contributed by atoms with Crippen LogP contribution in [0.3, 0.4) is 0 Å². The summed E-state index contributed by atoms with van der Waals surface area (Å²) < 4.78 is 5.07. The first-order chi connectivity index (χ1) is 18.7. The summed E-state index contributed by atoms with van der Waals surface area (Å²) in [5.41, 5.74) is 6.54. The highest BCUT2D eigenvalue weighted by molar-refractivity contribution is 6.12. The number of methoxy groups -OCH3 is 1. The van der Waals surface area contributed by atoms with Crippen molar-refractivity contribution in [3.8, 4) is 0 Å². The minimum absolute atomic E-state index is 0.176. The highest BCUT2D eigenvalue weighted by Crippen LogP contribution is 2.12. The van der Waals surface area contributed by atoms with E-state index in [2.05, 4.69) is 21.3 Å². The number of primary amides is 1. The number of anilines is 1. The van der Waals surface area contributed by atoms with Crippen molar-refractivity contribution < 1.29 is 33.5 Å². The maximum Gasteiger partial charge on any atom is 0.312 e. The minimum atomic E-state index is -0.909. The van der Waals surface area contributed by atoms with Gasteiger partial charge < -0.3 is 31.7 Å². The fraction of sp³-hybridized carbons (Fsp3) is 0.462. The fourth-order valence-electron chi connectivity index (χ4n) is 3.76. The lowest BCUT2D eigenvalue weighted by molar-refractivity contribution is -0.137. The molecule has 0 aliphatic carbocycles. The highest BCUT2D eigenvalue weighted by atomic mass is 16.5. The lowest BCUT2D eigenvalue weighted by Gasteiger charge is -2.19. The zero-order valence-electron chi connectivity index (χ0n) is 22.0. The van der Waals surface area contributed by atoms with E-state index < -0.39 is 23.9 Å². The molecule has 1 aliphatic rings. The summed E-state index contributed by atoms with van der Waals surface area (Å²) >= 11 is 0. The van der Waals surface area contributed by atoms with Crippen LogP contribution in [0.15, 0.2) is 36.4 Å². The Hall–Kier alpha value is -4.26. The largest absolute Gasteiger partial charge is 0.380 e. The van der Waals surface area contributed by atoms with Gasteiger partial charge in [-0.3, -0.25) is 28.9 Å². The van der Waals surface area contributed by atoms with Crippen molar-refractivity contribution in [1.82, 2.24) is 20.9 Å². The van der Waals surface area contributed by atoms with Gasteiger partial charge in [-0.2, -0.15) is 0 Å². The Labute approximate surface area is 226 Å². The number of imide groups is 1. The molecule has 1 aliphatic heterocycles. The van der Waals surface area contributed by atoms with Crippen LogP contribution in [-0.4, -0.2) is 73.3 Å². The molecule has 0 unspecified atom stereocenters. The summed E-state index contributed by atoms with van der Waals surface area (Å²) in [5.74, 6) is -1.98. The van der Waals surface area contributed by atoms with Crippen LogP contribution in [0.25, 0.3) is 0 Å². The number of benzene rings is 1. The maximum atomic E-state index is 12.9. The first-order valence-electron chi connectivity index (χ1n) is 12.7. The molecule has 212 valence electrons. The van der Waals surface area contributed by atoms with Crippen LogP contribution in [-0.2, 0) is 35.3 Å². The molecule has 1 atom stereocenters. The van der Waals surface area contributed by atoms with E-state index in [1.807, 2.05) is 12.1 Å². The third kappa shape index (κ3) is 11.8. The molecular formula is C26H36N6O7. The topological polar surface area (TPSA) is 189 Å². The van der Waals surface area contributed by atoms with Gasteiger partial charge in [0.05, 0.1) is 13.2 Å². The van der Waals surface area contributed by atoms with Crippen LogP contribution in [0.5, 0.6) is 0 Å². The second-order valence-electron chi connectivity index (χ2n) is 8.92. The molecule has 0 spiro atoms. The number of hydrogen-bond donors (Lipinski definition) is 5. The first kappa shape index (κ1) is 31.0. The van der Waals surface area contributed by atoms with Gasteiger partial charge in [-0.1, -0.05) is 18.6 Å². The van der Waals surface area contributed by atoms with Crippen LogP contribution in [0.4, 0.5) is 10.5 Å². The standard InChI is InChI=1S/C26H36N6O7/c1-39-17-18-8-10-19(11-9-18)30-25(37)20(6-5-14-28-26(27)38)31-22(34)16-29-21(33)7-3-2-4-15-32-23(35)12-13-24(32)36/h8-13,20H,2-7,14-17H2,1H3,(H,29,33)(H,30,37)(H,31,34)(H3,27,28,38)/t20-/m0/s1. The third-order valence-corrected chi connectivity index (χ3v) is 5.79. The van der Waals surface area contributed by atoms with Gasteiger partial charge >= 0.3 is 6.03 Å². The predicted octanol–water partition coefficient (Wildman–Crippen LogP) is 0.306. The van der Waals surface area contributed by atoms with E-state index in [1.54, 1.807) is 19.2 Å². The lowest BCUT2D eigenvalue weighted by Crippen LogP contribution is -2.47. The number of carbonyl (C=O) groups is 6. The van der Waals surface area contributed by atoms with Crippen molar-refractivity contribution in [2.75, 3.05) is 32.1 Å².